The maximum atomic E-state index is 12.0. The number of nitrogens with one attached hydrogen (secondary N) is 1. The first-order valence-corrected chi connectivity index (χ1v) is 7.47. The molecule has 0 heterocycles. The average molecular weight is 342 g/mol. The minimum absolute atomic E-state index is 0.0172. The molecule has 5 heteroatoms. The number of aliphatic carboxylic acids is 1. The van der Waals surface area contributed by atoms with E-state index in [1.165, 1.54) is 0 Å². The van der Waals surface area contributed by atoms with E-state index in [1.54, 1.807) is 13.8 Å². The Kier molecular flexibility index (Phi) is 6.20. The van der Waals surface area contributed by atoms with Crippen LogP contribution in [0.1, 0.15) is 38.7 Å². The summed E-state index contributed by atoms with van der Waals surface area (Å²) >= 11 is 3.37. The molecule has 110 valence electrons. The molecule has 0 atom stereocenters. The van der Waals surface area contributed by atoms with E-state index < -0.39 is 11.4 Å². The van der Waals surface area contributed by atoms with Gasteiger partial charge >= 0.3 is 5.97 Å². The summed E-state index contributed by atoms with van der Waals surface area (Å²) in [6.07, 6.45) is 0.912. The summed E-state index contributed by atoms with van der Waals surface area (Å²) in [4.78, 5) is 23.3. The molecule has 20 heavy (non-hydrogen) atoms. The fourth-order valence-electron chi connectivity index (χ4n) is 2.10. The zero-order valence-corrected chi connectivity index (χ0v) is 13.4. The van der Waals surface area contributed by atoms with Gasteiger partial charge in [-0.2, -0.15) is 0 Å². The van der Waals surface area contributed by atoms with Crippen LogP contribution in [-0.4, -0.2) is 17.0 Å². The van der Waals surface area contributed by atoms with E-state index in [-0.39, 0.29) is 12.3 Å². The predicted molar refractivity (Wildman–Crippen MR) is 81.3 cm³/mol. The second-order valence-electron chi connectivity index (χ2n) is 4.88. The van der Waals surface area contributed by atoms with E-state index in [4.69, 9.17) is 0 Å². The maximum Gasteiger partial charge on any atom is 0.310 e. The Hall–Kier alpha value is -1.36. The number of rotatable bonds is 7. The van der Waals surface area contributed by atoms with Crippen molar-refractivity contribution in [2.45, 2.75) is 39.7 Å². The number of halogens is 1. The number of carbonyl (C=O) groups excluding carboxylic acids is 1. The minimum atomic E-state index is -0.957. The van der Waals surface area contributed by atoms with Crippen LogP contribution in [0.15, 0.2) is 28.7 Å². The molecule has 0 aromatic heterocycles. The Morgan fingerprint density at radius 2 is 1.95 bits per heavy atom. The van der Waals surface area contributed by atoms with Crippen molar-refractivity contribution in [2.75, 3.05) is 0 Å². The lowest BCUT2D eigenvalue weighted by Gasteiger charge is -2.25. The lowest BCUT2D eigenvalue weighted by Crippen LogP contribution is -2.36. The van der Waals surface area contributed by atoms with Gasteiger partial charge in [-0.25, -0.2) is 0 Å². The Morgan fingerprint density at radius 1 is 1.30 bits per heavy atom. The highest BCUT2D eigenvalue weighted by atomic mass is 79.9. The fraction of sp³-hybridized carbons (Fsp3) is 0.467. The largest absolute Gasteiger partial charge is 0.481 e. The number of hydrogen-bond donors (Lipinski definition) is 2. The van der Waals surface area contributed by atoms with Gasteiger partial charge in [-0.05, 0) is 30.5 Å². The summed E-state index contributed by atoms with van der Waals surface area (Å²) in [7, 11) is 0. The van der Waals surface area contributed by atoms with E-state index in [1.807, 2.05) is 24.3 Å². The van der Waals surface area contributed by atoms with E-state index in [0.29, 0.717) is 19.4 Å². The van der Waals surface area contributed by atoms with Gasteiger partial charge in [0.25, 0.3) is 0 Å². The topological polar surface area (TPSA) is 66.4 Å². The highest BCUT2D eigenvalue weighted by Crippen LogP contribution is 2.30. The first kappa shape index (κ1) is 16.7. The number of amides is 1. The van der Waals surface area contributed by atoms with Gasteiger partial charge in [0.15, 0.2) is 0 Å². The summed E-state index contributed by atoms with van der Waals surface area (Å²) in [6, 6.07) is 7.64. The maximum absolute atomic E-state index is 12.0. The third-order valence-corrected chi connectivity index (χ3v) is 4.18. The molecule has 0 radical (unpaired) electrons. The summed E-state index contributed by atoms with van der Waals surface area (Å²) < 4.78 is 0.950. The molecule has 4 nitrogen and oxygen atoms in total. The molecule has 0 aliphatic heterocycles. The zero-order chi connectivity index (χ0) is 15.2. The van der Waals surface area contributed by atoms with Crippen molar-refractivity contribution < 1.29 is 14.7 Å². The van der Waals surface area contributed by atoms with Crippen LogP contribution in [0.3, 0.4) is 0 Å². The van der Waals surface area contributed by atoms with Gasteiger partial charge in [0.1, 0.15) is 0 Å². The molecule has 0 unspecified atom stereocenters. The molecule has 0 saturated heterocycles. The summed E-state index contributed by atoms with van der Waals surface area (Å²) in [6.45, 7) is 4.01. The quantitative estimate of drug-likeness (QED) is 0.799. The smallest absolute Gasteiger partial charge is 0.310 e. The van der Waals surface area contributed by atoms with Crippen LogP contribution in [0.5, 0.6) is 0 Å². The first-order valence-electron chi connectivity index (χ1n) is 6.68. The molecule has 1 rings (SSSR count). The SMILES string of the molecule is CCC(CC)(CC(=O)NCc1cccc(Br)c1)C(=O)O. The Morgan fingerprint density at radius 3 is 2.45 bits per heavy atom. The molecule has 0 aliphatic rings. The van der Waals surface area contributed by atoms with Crippen LogP contribution in [-0.2, 0) is 16.1 Å². The van der Waals surface area contributed by atoms with Crippen molar-refractivity contribution >= 4 is 27.8 Å². The Labute approximate surface area is 127 Å². The van der Waals surface area contributed by atoms with Gasteiger partial charge in [-0.3, -0.25) is 9.59 Å². The van der Waals surface area contributed by atoms with Crippen LogP contribution >= 0.6 is 15.9 Å². The standard InChI is InChI=1S/C15H20BrNO3/c1-3-15(4-2,14(19)20)9-13(18)17-10-11-6-5-7-12(16)8-11/h5-8H,3-4,9-10H2,1-2H3,(H,17,18)(H,19,20). The third kappa shape index (κ3) is 4.34. The molecule has 0 spiro atoms. The van der Waals surface area contributed by atoms with E-state index in [0.717, 1.165) is 10.0 Å². The molecule has 1 amide bonds. The molecule has 1 aromatic rings. The number of carbonyl (C=O) groups is 2. The molecule has 0 saturated carbocycles. The molecule has 0 aliphatic carbocycles. The van der Waals surface area contributed by atoms with Crippen molar-refractivity contribution in [2.24, 2.45) is 5.41 Å². The lowest BCUT2D eigenvalue weighted by molar-refractivity contribution is -0.152. The van der Waals surface area contributed by atoms with Gasteiger partial charge in [-0.15, -0.1) is 0 Å². The van der Waals surface area contributed by atoms with Crippen molar-refractivity contribution in [1.29, 1.82) is 0 Å². The monoisotopic (exact) mass is 341 g/mol. The number of hydrogen-bond acceptors (Lipinski definition) is 2. The zero-order valence-electron chi connectivity index (χ0n) is 11.8. The summed E-state index contributed by atoms with van der Waals surface area (Å²) in [5, 5.41) is 12.1. The number of carboxylic acids is 1. The van der Waals surface area contributed by atoms with Gasteiger partial charge in [0.2, 0.25) is 5.91 Å². The van der Waals surface area contributed by atoms with Crippen molar-refractivity contribution in [3.05, 3.63) is 34.3 Å². The van der Waals surface area contributed by atoms with E-state index in [9.17, 15) is 14.7 Å². The van der Waals surface area contributed by atoms with E-state index >= 15 is 0 Å². The lowest BCUT2D eigenvalue weighted by atomic mass is 9.79. The van der Waals surface area contributed by atoms with Crippen LogP contribution in [0, 0.1) is 5.41 Å². The van der Waals surface area contributed by atoms with Gasteiger partial charge in [-0.1, -0.05) is 41.9 Å². The minimum Gasteiger partial charge on any atom is -0.481 e. The van der Waals surface area contributed by atoms with Crippen molar-refractivity contribution in [3.8, 4) is 0 Å². The van der Waals surface area contributed by atoms with Crippen LogP contribution in [0.2, 0.25) is 0 Å². The Bertz CT molecular complexity index is 484. The predicted octanol–water partition coefficient (Wildman–Crippen LogP) is 3.35. The second-order valence-corrected chi connectivity index (χ2v) is 5.79. The molecule has 0 bridgehead atoms. The van der Waals surface area contributed by atoms with Gasteiger partial charge in [0.05, 0.1) is 5.41 Å². The van der Waals surface area contributed by atoms with Crippen molar-refractivity contribution in [1.82, 2.24) is 5.32 Å². The van der Waals surface area contributed by atoms with Crippen molar-refractivity contribution in [3.63, 3.8) is 0 Å². The first-order chi connectivity index (χ1) is 9.43. The highest BCUT2D eigenvalue weighted by molar-refractivity contribution is 9.10. The highest BCUT2D eigenvalue weighted by Gasteiger charge is 2.36. The second kappa shape index (κ2) is 7.43. The van der Waals surface area contributed by atoms with Gasteiger partial charge < -0.3 is 10.4 Å². The molecular formula is C15H20BrNO3. The Balaban J connectivity index is 2.61. The van der Waals surface area contributed by atoms with Crippen LogP contribution < -0.4 is 5.32 Å². The van der Waals surface area contributed by atoms with Gasteiger partial charge in [0, 0.05) is 17.4 Å². The third-order valence-electron chi connectivity index (χ3n) is 3.68. The summed E-state index contributed by atoms with van der Waals surface area (Å²) in [5.41, 5.74) is 0.0168. The normalized spacial score (nSPS) is 11.2. The van der Waals surface area contributed by atoms with Crippen LogP contribution in [0.25, 0.3) is 0 Å². The fourth-order valence-corrected chi connectivity index (χ4v) is 2.54. The molecular weight excluding hydrogens is 322 g/mol. The average Bonchev–Trinajstić information content (AvgIpc) is 2.42. The number of benzene rings is 1. The molecule has 2 N–H and O–H groups in total. The molecule has 0 fully saturated rings. The van der Waals surface area contributed by atoms with Crippen LogP contribution in [0.4, 0.5) is 0 Å². The molecule has 1 aromatic carbocycles. The number of carboxylic acid groups (broad SMARTS) is 1. The van der Waals surface area contributed by atoms with E-state index in [2.05, 4.69) is 21.2 Å². The summed E-state index contributed by atoms with van der Waals surface area (Å²) in [5.74, 6) is -1.13.